The van der Waals surface area contributed by atoms with Gasteiger partial charge in [-0.15, -0.1) is 11.3 Å². The predicted octanol–water partition coefficient (Wildman–Crippen LogP) is 2.94. The number of hydrogen-bond donors (Lipinski definition) is 2. The molecule has 16 heavy (non-hydrogen) atoms. The van der Waals surface area contributed by atoms with Crippen molar-refractivity contribution in [2.75, 3.05) is 0 Å². The van der Waals surface area contributed by atoms with Crippen LogP contribution in [0.15, 0.2) is 18.3 Å². The molecule has 0 saturated heterocycles. The van der Waals surface area contributed by atoms with Gasteiger partial charge in [0.25, 0.3) is 0 Å². The van der Waals surface area contributed by atoms with E-state index in [1.807, 2.05) is 17.4 Å². The number of thiophene rings is 1. The Balaban J connectivity index is 1.98. The summed E-state index contributed by atoms with van der Waals surface area (Å²) in [6.07, 6.45) is 1.78. The molecule has 0 aliphatic rings. The highest BCUT2D eigenvalue weighted by Gasteiger charge is 2.10. The van der Waals surface area contributed by atoms with E-state index in [-0.39, 0.29) is 0 Å². The lowest BCUT2D eigenvalue weighted by Crippen LogP contribution is -2.18. The van der Waals surface area contributed by atoms with Gasteiger partial charge in [0, 0.05) is 34.2 Å². The van der Waals surface area contributed by atoms with Crippen LogP contribution in [0.3, 0.4) is 0 Å². The molecule has 0 aromatic carbocycles. The third-order valence-corrected chi connectivity index (χ3v) is 3.68. The fraction of sp³-hybridized carbons (Fsp3) is 0.417. The predicted molar refractivity (Wildman–Crippen MR) is 67.6 cm³/mol. The quantitative estimate of drug-likeness (QED) is 0.855. The molecule has 86 valence electrons. The number of nitrogens with one attached hydrogen (secondary N) is 2. The van der Waals surface area contributed by atoms with Crippen LogP contribution in [0.1, 0.15) is 34.0 Å². The maximum Gasteiger partial charge on any atom is 0.0490 e. The topological polar surface area (TPSA) is 40.7 Å². The minimum absolute atomic E-state index is 0.383. The molecule has 1 unspecified atom stereocenters. The van der Waals surface area contributed by atoms with E-state index < -0.39 is 0 Å². The van der Waals surface area contributed by atoms with E-state index in [4.69, 9.17) is 0 Å². The standard InChI is InChI=1S/C12H17N3S/c1-8-6-12(10(3)16-8)9(2)13-7-11-4-5-14-15-11/h4-6,9,13H,7H2,1-3H3,(H,14,15). The van der Waals surface area contributed by atoms with Gasteiger partial charge in [-0.3, -0.25) is 5.10 Å². The van der Waals surface area contributed by atoms with Gasteiger partial charge in [0.2, 0.25) is 0 Å². The van der Waals surface area contributed by atoms with Gasteiger partial charge in [-0.05, 0) is 38.5 Å². The molecule has 1 atom stereocenters. The van der Waals surface area contributed by atoms with E-state index in [1.54, 1.807) is 6.20 Å². The molecule has 0 saturated carbocycles. The SMILES string of the molecule is Cc1cc(C(C)NCc2ccn[nH]2)c(C)s1. The second kappa shape index (κ2) is 4.80. The molecule has 2 heterocycles. The molecular weight excluding hydrogens is 218 g/mol. The van der Waals surface area contributed by atoms with Crippen LogP contribution >= 0.6 is 11.3 Å². The molecule has 2 aromatic rings. The second-order valence-corrected chi connectivity index (χ2v) is 5.51. The van der Waals surface area contributed by atoms with E-state index in [1.165, 1.54) is 15.3 Å². The lowest BCUT2D eigenvalue weighted by molar-refractivity contribution is 0.566. The van der Waals surface area contributed by atoms with E-state index in [0.29, 0.717) is 6.04 Å². The van der Waals surface area contributed by atoms with Gasteiger partial charge in [0.1, 0.15) is 0 Å². The summed E-state index contributed by atoms with van der Waals surface area (Å²) in [4.78, 5) is 2.78. The Hall–Kier alpha value is -1.13. The van der Waals surface area contributed by atoms with Crippen LogP contribution in [-0.4, -0.2) is 10.2 Å². The lowest BCUT2D eigenvalue weighted by Gasteiger charge is -2.12. The molecule has 0 aliphatic carbocycles. The molecule has 0 fully saturated rings. The van der Waals surface area contributed by atoms with E-state index in [0.717, 1.165) is 12.2 Å². The van der Waals surface area contributed by atoms with Crippen LogP contribution in [0.25, 0.3) is 0 Å². The van der Waals surface area contributed by atoms with Crippen molar-refractivity contribution in [2.24, 2.45) is 0 Å². The Morgan fingerprint density at radius 2 is 2.31 bits per heavy atom. The van der Waals surface area contributed by atoms with Gasteiger partial charge in [-0.25, -0.2) is 0 Å². The minimum Gasteiger partial charge on any atom is -0.305 e. The average molecular weight is 235 g/mol. The average Bonchev–Trinajstić information content (AvgIpc) is 2.84. The van der Waals surface area contributed by atoms with Gasteiger partial charge in [-0.1, -0.05) is 0 Å². The van der Waals surface area contributed by atoms with Gasteiger partial charge in [0.15, 0.2) is 0 Å². The number of rotatable bonds is 4. The summed E-state index contributed by atoms with van der Waals surface area (Å²) in [5, 5.41) is 10.4. The van der Waals surface area contributed by atoms with Crippen molar-refractivity contribution in [3.63, 3.8) is 0 Å². The van der Waals surface area contributed by atoms with Gasteiger partial charge >= 0.3 is 0 Å². The third-order valence-electron chi connectivity index (χ3n) is 2.70. The summed E-state index contributed by atoms with van der Waals surface area (Å²) in [5.74, 6) is 0. The first-order valence-corrected chi connectivity index (χ1v) is 6.27. The van der Waals surface area contributed by atoms with Crippen LogP contribution in [-0.2, 0) is 6.54 Å². The van der Waals surface area contributed by atoms with Crippen LogP contribution in [0.2, 0.25) is 0 Å². The van der Waals surface area contributed by atoms with Crippen LogP contribution in [0, 0.1) is 13.8 Å². The van der Waals surface area contributed by atoms with Crippen molar-refractivity contribution in [2.45, 2.75) is 33.4 Å². The molecule has 0 radical (unpaired) electrons. The van der Waals surface area contributed by atoms with Crippen molar-refractivity contribution in [1.29, 1.82) is 0 Å². The summed E-state index contributed by atoms with van der Waals surface area (Å²) >= 11 is 1.86. The zero-order valence-corrected chi connectivity index (χ0v) is 10.7. The number of nitrogens with zero attached hydrogens (tertiary/aromatic N) is 1. The molecule has 3 nitrogen and oxygen atoms in total. The largest absolute Gasteiger partial charge is 0.305 e. The smallest absolute Gasteiger partial charge is 0.0490 e. The normalized spacial score (nSPS) is 12.9. The lowest BCUT2D eigenvalue weighted by atomic mass is 10.1. The molecule has 0 spiro atoms. The summed E-state index contributed by atoms with van der Waals surface area (Å²) < 4.78 is 0. The molecule has 0 amide bonds. The van der Waals surface area contributed by atoms with Crippen molar-refractivity contribution in [1.82, 2.24) is 15.5 Å². The minimum atomic E-state index is 0.383. The molecule has 2 rings (SSSR count). The Bertz CT molecular complexity index is 445. The van der Waals surface area contributed by atoms with Gasteiger partial charge < -0.3 is 5.32 Å². The monoisotopic (exact) mass is 235 g/mol. The Morgan fingerprint density at radius 3 is 2.88 bits per heavy atom. The zero-order valence-electron chi connectivity index (χ0n) is 9.87. The highest BCUT2D eigenvalue weighted by molar-refractivity contribution is 7.12. The third kappa shape index (κ3) is 2.51. The summed E-state index contributed by atoms with van der Waals surface area (Å²) in [6, 6.07) is 4.64. The Kier molecular flexibility index (Phi) is 3.41. The van der Waals surface area contributed by atoms with Crippen molar-refractivity contribution >= 4 is 11.3 Å². The van der Waals surface area contributed by atoms with Crippen LogP contribution in [0.5, 0.6) is 0 Å². The summed E-state index contributed by atoms with van der Waals surface area (Å²) in [7, 11) is 0. The molecule has 4 heteroatoms. The number of H-pyrrole nitrogens is 1. The maximum absolute atomic E-state index is 3.93. The Morgan fingerprint density at radius 1 is 1.50 bits per heavy atom. The number of hydrogen-bond acceptors (Lipinski definition) is 3. The van der Waals surface area contributed by atoms with Crippen molar-refractivity contribution < 1.29 is 0 Å². The molecule has 0 bridgehead atoms. The highest BCUT2D eigenvalue weighted by atomic mass is 32.1. The van der Waals surface area contributed by atoms with Crippen molar-refractivity contribution in [3.05, 3.63) is 39.3 Å². The van der Waals surface area contributed by atoms with E-state index in [9.17, 15) is 0 Å². The molecule has 2 N–H and O–H groups in total. The number of aryl methyl sites for hydroxylation is 2. The first kappa shape index (κ1) is 11.4. The van der Waals surface area contributed by atoms with E-state index in [2.05, 4.69) is 42.4 Å². The first-order valence-electron chi connectivity index (χ1n) is 5.45. The number of aromatic amines is 1. The molecular formula is C12H17N3S. The number of aromatic nitrogens is 2. The van der Waals surface area contributed by atoms with Crippen LogP contribution in [0.4, 0.5) is 0 Å². The van der Waals surface area contributed by atoms with Gasteiger partial charge in [-0.2, -0.15) is 5.10 Å². The van der Waals surface area contributed by atoms with Crippen LogP contribution < -0.4 is 5.32 Å². The maximum atomic E-state index is 3.93. The fourth-order valence-corrected chi connectivity index (χ4v) is 2.86. The van der Waals surface area contributed by atoms with E-state index >= 15 is 0 Å². The van der Waals surface area contributed by atoms with Crippen molar-refractivity contribution in [3.8, 4) is 0 Å². The second-order valence-electron chi connectivity index (χ2n) is 4.05. The molecule has 0 aliphatic heterocycles. The fourth-order valence-electron chi connectivity index (χ4n) is 1.84. The molecule has 2 aromatic heterocycles. The Labute approximate surface area is 99.9 Å². The summed E-state index contributed by atoms with van der Waals surface area (Å²) in [6.45, 7) is 7.37. The highest BCUT2D eigenvalue weighted by Crippen LogP contribution is 2.26. The zero-order chi connectivity index (χ0) is 11.5. The van der Waals surface area contributed by atoms with Gasteiger partial charge in [0.05, 0.1) is 0 Å². The first-order chi connectivity index (χ1) is 7.66. The summed E-state index contributed by atoms with van der Waals surface area (Å²) in [5.41, 5.74) is 2.53.